The molecule has 3 atom stereocenters. The van der Waals surface area contributed by atoms with E-state index in [1.165, 1.54) is 51.4 Å². The Kier molecular flexibility index (Phi) is 4.14. The highest BCUT2D eigenvalue weighted by Gasteiger charge is 2.49. The Labute approximate surface area is 115 Å². The molecule has 2 rings (SSSR count). The molecule has 0 bridgehead atoms. The van der Waals surface area contributed by atoms with Gasteiger partial charge in [0.05, 0.1) is 0 Å². The van der Waals surface area contributed by atoms with Crippen molar-refractivity contribution in [3.05, 3.63) is 0 Å². The van der Waals surface area contributed by atoms with Crippen LogP contribution in [0.4, 0.5) is 0 Å². The lowest BCUT2D eigenvalue weighted by Gasteiger charge is -2.47. The normalized spacial score (nSPS) is 38.8. The third-order valence-corrected chi connectivity index (χ3v) is 6.55. The van der Waals surface area contributed by atoms with E-state index in [0.29, 0.717) is 10.8 Å². The van der Waals surface area contributed by atoms with Crippen LogP contribution in [0.5, 0.6) is 0 Å². The molecule has 0 aromatic rings. The van der Waals surface area contributed by atoms with Crippen molar-refractivity contribution in [2.45, 2.75) is 86.0 Å². The van der Waals surface area contributed by atoms with Crippen molar-refractivity contribution in [1.29, 1.82) is 0 Å². The average Bonchev–Trinajstić information content (AvgIpc) is 2.55. The summed E-state index contributed by atoms with van der Waals surface area (Å²) in [4.78, 5) is 0. The van der Waals surface area contributed by atoms with E-state index < -0.39 is 0 Å². The summed E-state index contributed by atoms with van der Waals surface area (Å²) in [6, 6.07) is 0. The van der Waals surface area contributed by atoms with E-state index in [-0.39, 0.29) is 0 Å². The van der Waals surface area contributed by atoms with Crippen LogP contribution in [0.1, 0.15) is 86.0 Å². The van der Waals surface area contributed by atoms with Crippen LogP contribution >= 0.6 is 0 Å². The van der Waals surface area contributed by atoms with Gasteiger partial charge in [-0.05, 0) is 54.3 Å². The minimum Gasteiger partial charge on any atom is -0.0654 e. The van der Waals surface area contributed by atoms with Crippen molar-refractivity contribution >= 4 is 0 Å². The molecule has 0 radical (unpaired) electrons. The van der Waals surface area contributed by atoms with Crippen LogP contribution in [0.25, 0.3) is 0 Å². The van der Waals surface area contributed by atoms with Gasteiger partial charge in [0.1, 0.15) is 0 Å². The molecule has 2 saturated carbocycles. The van der Waals surface area contributed by atoms with Crippen LogP contribution in [0.2, 0.25) is 0 Å². The monoisotopic (exact) mass is 250 g/mol. The van der Waals surface area contributed by atoms with Crippen molar-refractivity contribution in [2.24, 2.45) is 28.6 Å². The molecule has 2 fully saturated rings. The standard InChI is InChI=1S/C18H34/c1-6-9-14-11-12-16(18(14,4)5)15-10-7-8-13-17(15,2)3/h14-16H,6-13H2,1-5H3. The summed E-state index contributed by atoms with van der Waals surface area (Å²) >= 11 is 0. The van der Waals surface area contributed by atoms with Gasteiger partial charge in [-0.1, -0.05) is 60.3 Å². The molecular formula is C18H34. The molecule has 18 heavy (non-hydrogen) atoms. The first-order valence-corrected chi connectivity index (χ1v) is 8.39. The SMILES string of the molecule is CCCC1CCC(C2CCCCC2(C)C)C1(C)C. The second kappa shape index (κ2) is 5.17. The van der Waals surface area contributed by atoms with E-state index in [4.69, 9.17) is 0 Å². The predicted octanol–water partition coefficient (Wildman–Crippen LogP) is 6.06. The van der Waals surface area contributed by atoms with Crippen LogP contribution < -0.4 is 0 Å². The van der Waals surface area contributed by atoms with Crippen molar-refractivity contribution in [3.8, 4) is 0 Å². The summed E-state index contributed by atoms with van der Waals surface area (Å²) in [5.41, 5.74) is 1.19. The molecule has 0 nitrogen and oxygen atoms in total. The summed E-state index contributed by atoms with van der Waals surface area (Å²) in [5.74, 6) is 2.97. The van der Waals surface area contributed by atoms with Gasteiger partial charge in [0.25, 0.3) is 0 Å². The molecule has 2 aliphatic carbocycles. The van der Waals surface area contributed by atoms with Crippen LogP contribution in [-0.4, -0.2) is 0 Å². The van der Waals surface area contributed by atoms with E-state index in [2.05, 4.69) is 34.6 Å². The number of hydrogen-bond acceptors (Lipinski definition) is 0. The molecule has 3 unspecified atom stereocenters. The molecule has 0 aromatic heterocycles. The van der Waals surface area contributed by atoms with E-state index in [9.17, 15) is 0 Å². The Morgan fingerprint density at radius 2 is 1.61 bits per heavy atom. The van der Waals surface area contributed by atoms with Crippen LogP contribution in [-0.2, 0) is 0 Å². The molecule has 2 aliphatic rings. The maximum Gasteiger partial charge on any atom is -0.0295 e. The predicted molar refractivity (Wildman–Crippen MR) is 80.6 cm³/mol. The van der Waals surface area contributed by atoms with Gasteiger partial charge >= 0.3 is 0 Å². The second-order valence-corrected chi connectivity index (χ2v) is 8.33. The number of hydrogen-bond donors (Lipinski definition) is 0. The molecule has 0 saturated heterocycles. The van der Waals surface area contributed by atoms with Crippen molar-refractivity contribution in [3.63, 3.8) is 0 Å². The first-order valence-electron chi connectivity index (χ1n) is 8.39. The maximum atomic E-state index is 2.58. The molecule has 0 heterocycles. The van der Waals surface area contributed by atoms with Gasteiger partial charge in [0.15, 0.2) is 0 Å². The first kappa shape index (κ1) is 14.4. The third kappa shape index (κ3) is 2.49. The molecule has 0 heteroatoms. The smallest absolute Gasteiger partial charge is 0.0295 e. The third-order valence-electron chi connectivity index (χ3n) is 6.55. The molecular weight excluding hydrogens is 216 g/mol. The van der Waals surface area contributed by atoms with Gasteiger partial charge in [-0.3, -0.25) is 0 Å². The Balaban J connectivity index is 2.13. The molecule has 106 valence electrons. The quantitative estimate of drug-likeness (QED) is 0.571. The zero-order valence-electron chi connectivity index (χ0n) is 13.4. The lowest BCUT2D eigenvalue weighted by molar-refractivity contribution is 0.0194. The molecule has 0 amide bonds. The van der Waals surface area contributed by atoms with Crippen LogP contribution in [0, 0.1) is 28.6 Å². The van der Waals surface area contributed by atoms with Gasteiger partial charge in [-0.15, -0.1) is 0 Å². The lowest BCUT2D eigenvalue weighted by atomic mass is 9.58. The molecule has 0 aromatic carbocycles. The summed E-state index contributed by atoms with van der Waals surface area (Å²) < 4.78 is 0. The van der Waals surface area contributed by atoms with Crippen LogP contribution in [0.15, 0.2) is 0 Å². The number of rotatable bonds is 3. The Morgan fingerprint density at radius 1 is 0.889 bits per heavy atom. The summed E-state index contributed by atoms with van der Waals surface area (Å²) in [6.45, 7) is 12.6. The minimum absolute atomic E-state index is 0.593. The fraction of sp³-hybridized carbons (Fsp3) is 1.00. The fourth-order valence-electron chi connectivity index (χ4n) is 5.28. The van der Waals surface area contributed by atoms with Crippen molar-refractivity contribution in [1.82, 2.24) is 0 Å². The zero-order valence-corrected chi connectivity index (χ0v) is 13.4. The summed E-state index contributed by atoms with van der Waals surface area (Å²) in [7, 11) is 0. The summed E-state index contributed by atoms with van der Waals surface area (Å²) in [5, 5.41) is 0. The minimum atomic E-state index is 0.593. The van der Waals surface area contributed by atoms with Crippen LogP contribution in [0.3, 0.4) is 0 Å². The zero-order chi connectivity index (χ0) is 13.4. The Morgan fingerprint density at radius 3 is 2.22 bits per heavy atom. The van der Waals surface area contributed by atoms with E-state index in [0.717, 1.165) is 17.8 Å². The average molecular weight is 250 g/mol. The van der Waals surface area contributed by atoms with Gasteiger partial charge < -0.3 is 0 Å². The highest BCUT2D eigenvalue weighted by molar-refractivity contribution is 4.99. The fourth-order valence-corrected chi connectivity index (χ4v) is 5.28. The molecule has 0 spiro atoms. The second-order valence-electron chi connectivity index (χ2n) is 8.33. The van der Waals surface area contributed by atoms with Gasteiger partial charge in [-0.25, -0.2) is 0 Å². The largest absolute Gasteiger partial charge is 0.0654 e. The van der Waals surface area contributed by atoms with E-state index >= 15 is 0 Å². The first-order chi connectivity index (χ1) is 8.39. The Bertz CT molecular complexity index is 274. The van der Waals surface area contributed by atoms with Gasteiger partial charge in [0.2, 0.25) is 0 Å². The topological polar surface area (TPSA) is 0 Å². The van der Waals surface area contributed by atoms with Crippen molar-refractivity contribution < 1.29 is 0 Å². The van der Waals surface area contributed by atoms with E-state index in [1.54, 1.807) is 0 Å². The Hall–Kier alpha value is 0. The van der Waals surface area contributed by atoms with Gasteiger partial charge in [0, 0.05) is 0 Å². The van der Waals surface area contributed by atoms with Gasteiger partial charge in [-0.2, -0.15) is 0 Å². The lowest BCUT2D eigenvalue weighted by Crippen LogP contribution is -2.39. The molecule has 0 N–H and O–H groups in total. The van der Waals surface area contributed by atoms with Crippen molar-refractivity contribution in [2.75, 3.05) is 0 Å². The molecule has 0 aliphatic heterocycles. The summed E-state index contributed by atoms with van der Waals surface area (Å²) in [6.07, 6.45) is 11.7. The highest BCUT2D eigenvalue weighted by Crippen LogP contribution is 2.58. The van der Waals surface area contributed by atoms with E-state index in [1.807, 2.05) is 0 Å². The maximum absolute atomic E-state index is 2.58. The highest BCUT2D eigenvalue weighted by atomic mass is 14.5.